The first-order chi connectivity index (χ1) is 4.75. The van der Waals surface area contributed by atoms with Gasteiger partial charge in [-0.25, -0.2) is 5.26 Å². The second-order valence-electron chi connectivity index (χ2n) is 2.68. The zero-order valence-corrected chi connectivity index (χ0v) is 6.37. The Hall–Kier alpha value is -0.525. The first kappa shape index (κ1) is 7.58. The van der Waals surface area contributed by atoms with E-state index in [0.717, 1.165) is 6.54 Å². The lowest BCUT2D eigenvalue weighted by Crippen LogP contribution is -2.39. The fraction of sp³-hybridized carbons (Fsp3) is 0.833. The molecule has 1 rings (SSSR count). The van der Waals surface area contributed by atoms with Gasteiger partial charge in [-0.1, -0.05) is 13.8 Å². The number of nitriles is 1. The second-order valence-corrected chi connectivity index (χ2v) is 2.68. The zero-order valence-electron chi connectivity index (χ0n) is 6.37. The molecule has 0 aromatic heterocycles. The van der Waals surface area contributed by atoms with Crippen LogP contribution in [0.3, 0.4) is 0 Å². The van der Waals surface area contributed by atoms with E-state index in [-0.39, 0.29) is 7.05 Å². The third-order valence-electron chi connectivity index (χ3n) is 1.70. The van der Waals surface area contributed by atoms with Gasteiger partial charge in [0.05, 0.1) is 5.97 Å². The summed E-state index contributed by atoms with van der Waals surface area (Å²) in [7, 11) is -0.306. The molecule has 0 amide bonds. The van der Waals surface area contributed by atoms with Gasteiger partial charge in [0, 0.05) is 13.2 Å². The normalized spacial score (nSPS) is 20.0. The maximum Gasteiger partial charge on any atom is 0.504 e. The van der Waals surface area contributed by atoms with Crippen molar-refractivity contribution >= 4 is 7.05 Å². The Morgan fingerprint density at radius 1 is 1.70 bits per heavy atom. The highest BCUT2D eigenvalue weighted by molar-refractivity contribution is 6.58. The van der Waals surface area contributed by atoms with E-state index in [0.29, 0.717) is 12.6 Å². The van der Waals surface area contributed by atoms with Gasteiger partial charge in [-0.2, -0.15) is 0 Å². The van der Waals surface area contributed by atoms with Crippen molar-refractivity contribution in [3.63, 3.8) is 0 Å². The quantitative estimate of drug-likeness (QED) is 0.488. The van der Waals surface area contributed by atoms with Crippen LogP contribution in [0.2, 0.25) is 0 Å². The topological polar surface area (TPSA) is 36.3 Å². The Morgan fingerprint density at radius 3 is 2.80 bits per heavy atom. The first-order valence-electron chi connectivity index (χ1n) is 3.52. The van der Waals surface area contributed by atoms with Crippen molar-refractivity contribution in [2.45, 2.75) is 19.9 Å². The highest BCUT2D eigenvalue weighted by Crippen LogP contribution is 2.08. The van der Waals surface area contributed by atoms with Crippen LogP contribution in [-0.2, 0) is 4.65 Å². The lowest BCUT2D eigenvalue weighted by atomic mass is 9.83. The fourth-order valence-electron chi connectivity index (χ4n) is 1.12. The van der Waals surface area contributed by atoms with Crippen molar-refractivity contribution in [1.82, 2.24) is 4.81 Å². The molecule has 4 heteroatoms. The van der Waals surface area contributed by atoms with E-state index in [1.807, 2.05) is 4.81 Å². The number of hydrogen-bond acceptors (Lipinski definition) is 3. The molecule has 10 heavy (non-hydrogen) atoms. The Kier molecular flexibility index (Phi) is 2.31. The average Bonchev–Trinajstić information content (AvgIpc) is 2.33. The van der Waals surface area contributed by atoms with Crippen LogP contribution >= 0.6 is 0 Å². The second kappa shape index (κ2) is 3.04. The minimum Gasteiger partial charge on any atom is -0.408 e. The molecule has 1 heterocycles. The van der Waals surface area contributed by atoms with E-state index < -0.39 is 0 Å². The van der Waals surface area contributed by atoms with Crippen LogP contribution in [0, 0.1) is 11.2 Å². The minimum atomic E-state index is -0.306. The summed E-state index contributed by atoms with van der Waals surface area (Å²) in [6, 6.07) is 0.409. The maximum absolute atomic E-state index is 8.57. The van der Waals surface area contributed by atoms with Gasteiger partial charge < -0.3 is 4.65 Å². The Morgan fingerprint density at radius 2 is 2.40 bits per heavy atom. The molecule has 54 valence electrons. The van der Waals surface area contributed by atoms with Gasteiger partial charge in [-0.15, -0.1) is 0 Å². The molecule has 1 fully saturated rings. The summed E-state index contributed by atoms with van der Waals surface area (Å²) >= 11 is 0. The van der Waals surface area contributed by atoms with E-state index in [2.05, 4.69) is 19.8 Å². The number of hydrogen-bond donors (Lipinski definition) is 0. The van der Waals surface area contributed by atoms with Gasteiger partial charge in [-0.3, -0.25) is 4.81 Å². The van der Waals surface area contributed by atoms with Gasteiger partial charge in [0.25, 0.3) is 0 Å². The van der Waals surface area contributed by atoms with E-state index in [9.17, 15) is 0 Å². The summed E-state index contributed by atoms with van der Waals surface area (Å²) in [5, 5.41) is 8.57. The smallest absolute Gasteiger partial charge is 0.408 e. The van der Waals surface area contributed by atoms with Gasteiger partial charge >= 0.3 is 7.05 Å². The van der Waals surface area contributed by atoms with E-state index in [1.165, 1.54) is 0 Å². The van der Waals surface area contributed by atoms with Crippen molar-refractivity contribution < 1.29 is 4.65 Å². The summed E-state index contributed by atoms with van der Waals surface area (Å²) in [6.07, 6.45) is 0. The molecule has 1 saturated heterocycles. The predicted molar refractivity (Wildman–Crippen MR) is 39.2 cm³/mol. The average molecular weight is 138 g/mol. The van der Waals surface area contributed by atoms with E-state index in [4.69, 9.17) is 9.92 Å². The SMILES string of the molecule is CC(C)N1CCOB1C#N. The Labute approximate surface area is 61.7 Å². The molecule has 0 bridgehead atoms. The van der Waals surface area contributed by atoms with Crippen LogP contribution in [0.4, 0.5) is 0 Å². The van der Waals surface area contributed by atoms with Crippen molar-refractivity contribution in [2.24, 2.45) is 0 Å². The van der Waals surface area contributed by atoms with Crippen molar-refractivity contribution in [3.8, 4) is 5.97 Å². The number of nitrogens with zero attached hydrogens (tertiary/aromatic N) is 2. The monoisotopic (exact) mass is 138 g/mol. The number of rotatable bonds is 1. The van der Waals surface area contributed by atoms with Crippen LogP contribution in [0.25, 0.3) is 0 Å². The lowest BCUT2D eigenvalue weighted by molar-refractivity contribution is 0.373. The van der Waals surface area contributed by atoms with Crippen LogP contribution in [0.5, 0.6) is 0 Å². The van der Waals surface area contributed by atoms with E-state index >= 15 is 0 Å². The summed E-state index contributed by atoms with van der Waals surface area (Å²) < 4.78 is 5.14. The molecule has 0 aromatic carbocycles. The molecule has 0 saturated carbocycles. The molecule has 0 aliphatic carbocycles. The third kappa shape index (κ3) is 1.31. The molecular weight excluding hydrogens is 127 g/mol. The lowest BCUT2D eigenvalue weighted by Gasteiger charge is -2.18. The Balaban J connectivity index is 2.52. The maximum atomic E-state index is 8.57. The van der Waals surface area contributed by atoms with Crippen molar-refractivity contribution in [3.05, 3.63) is 0 Å². The van der Waals surface area contributed by atoms with Gasteiger partial charge in [-0.05, 0) is 6.04 Å². The predicted octanol–water partition coefficient (Wildman–Crippen LogP) is 0.278. The molecule has 0 spiro atoms. The molecule has 0 atom stereocenters. The van der Waals surface area contributed by atoms with Gasteiger partial charge in [0.15, 0.2) is 0 Å². The molecule has 0 radical (unpaired) electrons. The molecule has 1 aliphatic heterocycles. The fourth-order valence-corrected chi connectivity index (χ4v) is 1.12. The van der Waals surface area contributed by atoms with Crippen LogP contribution in [0.15, 0.2) is 0 Å². The zero-order chi connectivity index (χ0) is 7.56. The van der Waals surface area contributed by atoms with Gasteiger partial charge in [0.2, 0.25) is 0 Å². The summed E-state index contributed by atoms with van der Waals surface area (Å²) in [5.41, 5.74) is 0. The van der Waals surface area contributed by atoms with Crippen LogP contribution in [0.1, 0.15) is 13.8 Å². The Bertz CT molecular complexity index is 154. The highest BCUT2D eigenvalue weighted by Gasteiger charge is 2.32. The third-order valence-corrected chi connectivity index (χ3v) is 1.70. The summed E-state index contributed by atoms with van der Waals surface area (Å²) in [6.45, 7) is 5.71. The van der Waals surface area contributed by atoms with Crippen molar-refractivity contribution in [1.29, 1.82) is 5.26 Å². The summed E-state index contributed by atoms with van der Waals surface area (Å²) in [5.74, 6) is 2.10. The molecule has 0 N–H and O–H groups in total. The molecule has 3 nitrogen and oxygen atoms in total. The minimum absolute atomic E-state index is 0.306. The molecule has 0 aromatic rings. The summed E-state index contributed by atoms with van der Waals surface area (Å²) in [4.78, 5) is 2.04. The van der Waals surface area contributed by atoms with Crippen molar-refractivity contribution in [2.75, 3.05) is 13.2 Å². The largest absolute Gasteiger partial charge is 0.504 e. The first-order valence-corrected chi connectivity index (χ1v) is 3.52. The molecular formula is C6H11BN2O. The van der Waals surface area contributed by atoms with E-state index in [1.54, 1.807) is 0 Å². The standard InChI is InChI=1S/C6H11BN2O/c1-6(2)9-3-4-10-7(9)5-8/h6H,3-4H2,1-2H3. The van der Waals surface area contributed by atoms with Crippen LogP contribution in [-0.4, -0.2) is 31.1 Å². The highest BCUT2D eigenvalue weighted by atomic mass is 16.5. The molecule has 0 unspecified atom stereocenters. The molecule has 1 aliphatic rings. The van der Waals surface area contributed by atoms with Crippen LogP contribution < -0.4 is 0 Å². The van der Waals surface area contributed by atoms with Gasteiger partial charge in [0.1, 0.15) is 0 Å².